The molecule has 0 aromatic carbocycles. The predicted molar refractivity (Wildman–Crippen MR) is 94.0 cm³/mol. The Hall–Kier alpha value is -1.00. The highest BCUT2D eigenvalue weighted by Crippen LogP contribution is 2.38. The first kappa shape index (κ1) is 17.4. The molecule has 0 bridgehead atoms. The second-order valence-corrected chi connectivity index (χ2v) is 9.83. The monoisotopic (exact) mass is 385 g/mol. The van der Waals surface area contributed by atoms with Gasteiger partial charge in [-0.05, 0) is 36.1 Å². The number of nitrogens with zero attached hydrogens (tertiary/aromatic N) is 2. The van der Waals surface area contributed by atoms with E-state index < -0.39 is 10.0 Å². The van der Waals surface area contributed by atoms with Crippen molar-refractivity contribution in [1.29, 1.82) is 0 Å². The van der Waals surface area contributed by atoms with Crippen LogP contribution in [0.1, 0.15) is 22.5 Å². The van der Waals surface area contributed by atoms with E-state index in [1.54, 1.807) is 16.3 Å². The molecule has 3 atom stereocenters. The third kappa shape index (κ3) is 3.02. The lowest BCUT2D eigenvalue weighted by Crippen LogP contribution is -2.41. The maximum Gasteiger partial charge on any atom is 0.265 e. The number of carbonyl (C=O) groups excluding carboxylic acids is 1. The van der Waals surface area contributed by atoms with Gasteiger partial charge in [-0.2, -0.15) is 4.31 Å². The van der Waals surface area contributed by atoms with Crippen LogP contribution in [-0.4, -0.2) is 69.0 Å². The predicted octanol–water partition coefficient (Wildman–Crippen LogP) is 0.578. The van der Waals surface area contributed by atoms with Crippen molar-refractivity contribution < 1.29 is 17.9 Å². The maximum absolute atomic E-state index is 13.0. The van der Waals surface area contributed by atoms with E-state index in [0.717, 1.165) is 12.8 Å². The third-order valence-electron chi connectivity index (χ3n) is 5.61. The average Bonchev–Trinajstić information content (AvgIpc) is 3.32. The van der Waals surface area contributed by atoms with Crippen molar-refractivity contribution in [2.45, 2.75) is 23.8 Å². The summed E-state index contributed by atoms with van der Waals surface area (Å²) in [7, 11) is -3.66. The summed E-state index contributed by atoms with van der Waals surface area (Å²) in [4.78, 5) is 15.2. The minimum absolute atomic E-state index is 0.130. The molecule has 3 fully saturated rings. The fourth-order valence-electron chi connectivity index (χ4n) is 4.20. The van der Waals surface area contributed by atoms with Gasteiger partial charge in [0.25, 0.3) is 5.91 Å². The van der Waals surface area contributed by atoms with Gasteiger partial charge in [0.15, 0.2) is 0 Å². The van der Waals surface area contributed by atoms with Crippen LogP contribution in [0.4, 0.5) is 0 Å². The van der Waals surface area contributed by atoms with Crippen LogP contribution in [0.3, 0.4) is 0 Å². The van der Waals surface area contributed by atoms with Crippen LogP contribution in [-0.2, 0) is 14.8 Å². The maximum atomic E-state index is 13.0. The van der Waals surface area contributed by atoms with E-state index in [1.165, 1.54) is 15.6 Å². The zero-order chi connectivity index (χ0) is 17.6. The number of thiophene rings is 1. The molecule has 0 radical (unpaired) electrons. The normalized spacial score (nSPS) is 30.6. The Bertz CT molecular complexity index is 757. The molecule has 9 heteroatoms. The van der Waals surface area contributed by atoms with Gasteiger partial charge < -0.3 is 15.4 Å². The fraction of sp³-hybridized carbons (Fsp3) is 0.688. The zero-order valence-corrected chi connectivity index (χ0v) is 15.6. The van der Waals surface area contributed by atoms with Crippen molar-refractivity contribution in [3.05, 3.63) is 16.3 Å². The molecule has 1 saturated carbocycles. The first-order valence-electron chi connectivity index (χ1n) is 8.68. The largest absolute Gasteiger partial charge is 0.379 e. The summed E-state index contributed by atoms with van der Waals surface area (Å²) < 4.78 is 32.5. The van der Waals surface area contributed by atoms with Gasteiger partial charge >= 0.3 is 0 Å². The van der Waals surface area contributed by atoms with E-state index in [-0.39, 0.29) is 16.8 Å². The molecular weight excluding hydrogens is 362 g/mol. The van der Waals surface area contributed by atoms with E-state index in [2.05, 4.69) is 0 Å². The van der Waals surface area contributed by atoms with Crippen molar-refractivity contribution in [2.75, 3.05) is 39.4 Å². The molecule has 7 nitrogen and oxygen atoms in total. The summed E-state index contributed by atoms with van der Waals surface area (Å²) >= 11 is 1.20. The van der Waals surface area contributed by atoms with E-state index in [4.69, 9.17) is 10.5 Å². The fourth-order valence-corrected chi connectivity index (χ4v) is 6.97. The summed E-state index contributed by atoms with van der Waals surface area (Å²) in [5.74, 6) is 0.629. The number of rotatable bonds is 3. The van der Waals surface area contributed by atoms with Crippen molar-refractivity contribution in [3.63, 3.8) is 0 Å². The van der Waals surface area contributed by atoms with Gasteiger partial charge in [-0.15, -0.1) is 11.3 Å². The van der Waals surface area contributed by atoms with E-state index in [1.807, 2.05) is 0 Å². The molecule has 4 rings (SSSR count). The number of carbonyl (C=O) groups is 1. The minimum Gasteiger partial charge on any atom is -0.379 e. The van der Waals surface area contributed by atoms with Crippen LogP contribution in [0.15, 0.2) is 16.3 Å². The number of hydrogen-bond donors (Lipinski definition) is 1. The van der Waals surface area contributed by atoms with Gasteiger partial charge in [0.1, 0.15) is 9.77 Å². The lowest BCUT2D eigenvalue weighted by Gasteiger charge is -2.26. The topological polar surface area (TPSA) is 92.9 Å². The third-order valence-corrected chi connectivity index (χ3v) is 8.58. The van der Waals surface area contributed by atoms with Crippen molar-refractivity contribution >= 4 is 27.3 Å². The molecule has 1 aliphatic carbocycles. The average molecular weight is 386 g/mol. The number of likely N-dealkylation sites (tertiary alicyclic amines) is 1. The molecule has 2 saturated heterocycles. The second-order valence-electron chi connectivity index (χ2n) is 7.01. The van der Waals surface area contributed by atoms with Gasteiger partial charge in [0.05, 0.1) is 13.2 Å². The minimum atomic E-state index is -3.66. The van der Waals surface area contributed by atoms with Crippen LogP contribution < -0.4 is 5.73 Å². The molecule has 2 N–H and O–H groups in total. The quantitative estimate of drug-likeness (QED) is 0.822. The van der Waals surface area contributed by atoms with Gasteiger partial charge in [0.2, 0.25) is 10.0 Å². The number of ether oxygens (including phenoxy) is 1. The molecule has 1 amide bonds. The smallest absolute Gasteiger partial charge is 0.265 e. The lowest BCUT2D eigenvalue weighted by molar-refractivity contribution is 0.0728. The Kier molecular flexibility index (Phi) is 4.61. The van der Waals surface area contributed by atoms with Crippen molar-refractivity contribution in [3.8, 4) is 0 Å². The molecular formula is C16H23N3O4S2. The van der Waals surface area contributed by atoms with Crippen LogP contribution in [0, 0.1) is 11.8 Å². The zero-order valence-electron chi connectivity index (χ0n) is 14.0. The van der Waals surface area contributed by atoms with Gasteiger partial charge in [-0.25, -0.2) is 8.42 Å². The second kappa shape index (κ2) is 6.62. The molecule has 3 heterocycles. The number of morpholine rings is 1. The number of nitrogens with two attached hydrogens (primary N) is 1. The highest BCUT2D eigenvalue weighted by molar-refractivity contribution is 7.89. The molecule has 3 aliphatic rings. The van der Waals surface area contributed by atoms with Crippen LogP contribution >= 0.6 is 11.3 Å². The standard InChI is InChI=1S/C16H23N3O4S2/c17-13-2-1-11-9-18(10-12(11)13)16(20)15-14(3-8-24-15)25(21,22)19-4-6-23-7-5-19/h3,8,11-13H,1-2,4-7,9-10,17H2. The Morgan fingerprint density at radius 1 is 1.24 bits per heavy atom. The molecule has 138 valence electrons. The van der Waals surface area contributed by atoms with E-state index in [9.17, 15) is 13.2 Å². The molecule has 25 heavy (non-hydrogen) atoms. The molecule has 3 unspecified atom stereocenters. The Balaban J connectivity index is 1.56. The van der Waals surface area contributed by atoms with Crippen molar-refractivity contribution in [1.82, 2.24) is 9.21 Å². The van der Waals surface area contributed by atoms with Crippen LogP contribution in [0.5, 0.6) is 0 Å². The lowest BCUT2D eigenvalue weighted by atomic mass is 9.98. The van der Waals surface area contributed by atoms with Crippen molar-refractivity contribution in [2.24, 2.45) is 17.6 Å². The van der Waals surface area contributed by atoms with Gasteiger partial charge in [-0.3, -0.25) is 4.79 Å². The Labute approximate surface area is 151 Å². The SMILES string of the molecule is NC1CCC2CN(C(=O)c3sccc3S(=O)(=O)N3CCOCC3)CC12. The molecule has 0 spiro atoms. The Morgan fingerprint density at radius 2 is 2.00 bits per heavy atom. The summed E-state index contributed by atoms with van der Waals surface area (Å²) in [5, 5.41) is 1.68. The molecule has 1 aromatic heterocycles. The number of fused-ring (bicyclic) bond motifs is 1. The molecule has 2 aliphatic heterocycles. The number of hydrogen-bond acceptors (Lipinski definition) is 6. The van der Waals surface area contributed by atoms with E-state index >= 15 is 0 Å². The van der Waals surface area contributed by atoms with Crippen LogP contribution in [0.2, 0.25) is 0 Å². The molecule has 1 aromatic rings. The first-order chi connectivity index (χ1) is 12.0. The van der Waals surface area contributed by atoms with Gasteiger partial charge in [0, 0.05) is 32.2 Å². The Morgan fingerprint density at radius 3 is 2.72 bits per heavy atom. The summed E-state index contributed by atoms with van der Waals surface area (Å²) in [6, 6.07) is 1.70. The summed E-state index contributed by atoms with van der Waals surface area (Å²) in [6.45, 7) is 2.76. The summed E-state index contributed by atoms with van der Waals surface area (Å²) in [5.41, 5.74) is 6.15. The first-order valence-corrected chi connectivity index (χ1v) is 11.0. The number of sulfonamides is 1. The van der Waals surface area contributed by atoms with Crippen LogP contribution in [0.25, 0.3) is 0 Å². The van der Waals surface area contributed by atoms with E-state index in [0.29, 0.717) is 56.1 Å². The summed E-state index contributed by atoms with van der Waals surface area (Å²) in [6.07, 6.45) is 2.08. The number of amides is 1. The van der Waals surface area contributed by atoms with Gasteiger partial charge in [-0.1, -0.05) is 0 Å². The highest BCUT2D eigenvalue weighted by Gasteiger charge is 2.43. The highest BCUT2D eigenvalue weighted by atomic mass is 32.2.